The topological polar surface area (TPSA) is 63.1 Å². The van der Waals surface area contributed by atoms with Crippen molar-refractivity contribution in [1.29, 1.82) is 0 Å². The number of carbonyl (C=O) groups excluding carboxylic acids is 1. The summed E-state index contributed by atoms with van der Waals surface area (Å²) in [4.78, 5) is 19.1. The van der Waals surface area contributed by atoms with E-state index in [2.05, 4.69) is 10.4 Å². The summed E-state index contributed by atoms with van der Waals surface area (Å²) in [7, 11) is 0. The summed E-state index contributed by atoms with van der Waals surface area (Å²) in [5.74, 6) is -1.29. The Morgan fingerprint density at radius 3 is 2.54 bits per heavy atom. The highest BCUT2D eigenvalue weighted by atomic mass is 32.1. The van der Waals surface area contributed by atoms with Gasteiger partial charge >= 0.3 is 6.18 Å². The summed E-state index contributed by atoms with van der Waals surface area (Å²) < 4.78 is 68.1. The molecule has 6 nitrogen and oxygen atoms in total. The molecule has 1 atom stereocenters. The molecule has 2 aromatic heterocycles. The normalized spacial score (nSPS) is 18.7. The van der Waals surface area contributed by atoms with Crippen molar-refractivity contribution in [2.24, 2.45) is 0 Å². The molecule has 1 N–H and O–H groups in total. The Balaban J connectivity index is 1.17. The summed E-state index contributed by atoms with van der Waals surface area (Å²) in [6.07, 6.45) is -1.02. The van der Waals surface area contributed by atoms with Gasteiger partial charge in [0.25, 0.3) is 0 Å². The van der Waals surface area contributed by atoms with Crippen LogP contribution in [0.1, 0.15) is 58.9 Å². The smallest absolute Gasteiger partial charge is 0.383 e. The number of aryl methyl sites for hydroxylation is 1. The minimum absolute atomic E-state index is 0.0150. The van der Waals surface area contributed by atoms with E-state index in [9.17, 15) is 26.7 Å². The monoisotopic (exact) mass is 537 g/mol. The molecule has 0 spiro atoms. The van der Waals surface area contributed by atoms with E-state index in [1.807, 2.05) is 5.38 Å². The van der Waals surface area contributed by atoms with Crippen molar-refractivity contribution >= 4 is 22.8 Å². The van der Waals surface area contributed by atoms with Gasteiger partial charge in [-0.25, -0.2) is 13.8 Å². The first-order valence-electron chi connectivity index (χ1n) is 11.8. The van der Waals surface area contributed by atoms with Gasteiger partial charge < -0.3 is 10.2 Å². The third-order valence-corrected chi connectivity index (χ3v) is 7.84. The molecule has 1 aromatic carbocycles. The number of carbonyl (C=O) groups is 1. The van der Waals surface area contributed by atoms with Gasteiger partial charge in [0.05, 0.1) is 16.7 Å². The maximum atomic E-state index is 14.2. The van der Waals surface area contributed by atoms with Crippen LogP contribution in [0.4, 0.5) is 22.0 Å². The number of hydrogen-bond acceptors (Lipinski definition) is 5. The van der Waals surface area contributed by atoms with Gasteiger partial charge in [-0.2, -0.15) is 18.3 Å². The zero-order chi connectivity index (χ0) is 26.3. The van der Waals surface area contributed by atoms with Crippen LogP contribution < -0.4 is 5.32 Å². The number of halogens is 5. The number of thiazole rings is 1. The van der Waals surface area contributed by atoms with Gasteiger partial charge in [-0.15, -0.1) is 11.3 Å². The highest BCUT2D eigenvalue weighted by Gasteiger charge is 2.35. The lowest BCUT2D eigenvalue weighted by Gasteiger charge is -2.31. The predicted molar refractivity (Wildman–Crippen MR) is 127 cm³/mol. The molecule has 37 heavy (non-hydrogen) atoms. The Kier molecular flexibility index (Phi) is 6.78. The van der Waals surface area contributed by atoms with Gasteiger partial charge in [0.15, 0.2) is 5.69 Å². The summed E-state index contributed by atoms with van der Waals surface area (Å²) in [6.45, 7) is 2.21. The largest absolute Gasteiger partial charge is 0.435 e. The Bertz CT molecular complexity index is 1320. The minimum Gasteiger partial charge on any atom is -0.383 e. The molecule has 1 saturated heterocycles. The number of amides is 1. The lowest BCUT2D eigenvalue weighted by atomic mass is 9.97. The van der Waals surface area contributed by atoms with Gasteiger partial charge in [0.1, 0.15) is 18.2 Å². The maximum Gasteiger partial charge on any atom is 0.435 e. The van der Waals surface area contributed by atoms with Crippen molar-refractivity contribution in [3.63, 3.8) is 0 Å². The molecule has 1 unspecified atom stereocenters. The minimum atomic E-state index is -4.55. The van der Waals surface area contributed by atoms with Crippen LogP contribution in [0.15, 0.2) is 35.8 Å². The summed E-state index contributed by atoms with van der Waals surface area (Å²) in [6, 6.07) is 4.26. The van der Waals surface area contributed by atoms with E-state index in [0.29, 0.717) is 32.4 Å². The second kappa shape index (κ2) is 9.88. The number of piperidine rings is 1. The molecular formula is C25H24F5N5OS. The average molecular weight is 538 g/mol. The molecule has 2 aliphatic rings. The molecule has 12 heteroatoms. The third kappa shape index (κ3) is 5.25. The number of alkyl halides is 3. The Morgan fingerprint density at radius 2 is 1.89 bits per heavy atom. The molecule has 0 saturated carbocycles. The summed E-state index contributed by atoms with van der Waals surface area (Å²) >= 11 is 1.51. The van der Waals surface area contributed by atoms with E-state index in [1.54, 1.807) is 11.1 Å². The second-order valence-corrected chi connectivity index (χ2v) is 10.2. The van der Waals surface area contributed by atoms with Crippen molar-refractivity contribution in [1.82, 2.24) is 25.0 Å². The molecule has 0 bridgehead atoms. The molecule has 2 aliphatic heterocycles. The van der Waals surface area contributed by atoms with Crippen LogP contribution in [-0.4, -0.2) is 38.7 Å². The highest BCUT2D eigenvalue weighted by molar-refractivity contribution is 7.09. The zero-order valence-electron chi connectivity index (χ0n) is 19.9. The summed E-state index contributed by atoms with van der Waals surface area (Å²) in [5, 5.41) is 9.45. The molecule has 196 valence electrons. The summed E-state index contributed by atoms with van der Waals surface area (Å²) in [5.41, 5.74) is 0.923. The van der Waals surface area contributed by atoms with Crippen LogP contribution in [0, 0.1) is 18.6 Å². The van der Waals surface area contributed by atoms with Crippen LogP contribution in [0.5, 0.6) is 0 Å². The van der Waals surface area contributed by atoms with Crippen molar-refractivity contribution in [2.45, 2.75) is 50.9 Å². The second-order valence-electron chi connectivity index (χ2n) is 9.28. The van der Waals surface area contributed by atoms with Crippen LogP contribution in [0.3, 0.4) is 0 Å². The first kappa shape index (κ1) is 25.4. The van der Waals surface area contributed by atoms with Crippen LogP contribution in [0.25, 0.3) is 5.57 Å². The molecule has 5 rings (SSSR count). The van der Waals surface area contributed by atoms with E-state index in [1.165, 1.54) is 36.5 Å². The van der Waals surface area contributed by atoms with E-state index in [-0.39, 0.29) is 29.6 Å². The molecule has 1 fully saturated rings. The Labute approximate surface area is 213 Å². The number of hydrogen-bond donors (Lipinski definition) is 1. The molecule has 0 aliphatic carbocycles. The first-order chi connectivity index (χ1) is 17.6. The fraction of sp³-hybridized carbons (Fsp3) is 0.400. The molecule has 4 heterocycles. The lowest BCUT2D eigenvalue weighted by molar-refractivity contribution is -0.142. The molecule has 0 radical (unpaired) electrons. The molecular weight excluding hydrogens is 513 g/mol. The van der Waals surface area contributed by atoms with Gasteiger partial charge in [-0.05, 0) is 43.5 Å². The number of nitrogens with one attached hydrogen (secondary N) is 1. The van der Waals surface area contributed by atoms with Crippen molar-refractivity contribution < 1.29 is 26.7 Å². The van der Waals surface area contributed by atoms with Crippen molar-refractivity contribution in [3.05, 3.63) is 75.1 Å². The van der Waals surface area contributed by atoms with E-state index < -0.39 is 29.5 Å². The van der Waals surface area contributed by atoms with Crippen LogP contribution in [0.2, 0.25) is 0 Å². The van der Waals surface area contributed by atoms with Gasteiger partial charge in [0.2, 0.25) is 5.91 Å². The number of likely N-dealkylation sites (tertiary alicyclic amines) is 1. The number of benzene rings is 1. The highest BCUT2D eigenvalue weighted by Crippen LogP contribution is 2.37. The number of rotatable bonds is 5. The van der Waals surface area contributed by atoms with E-state index in [0.717, 1.165) is 27.0 Å². The predicted octanol–water partition coefficient (Wildman–Crippen LogP) is 5.43. The van der Waals surface area contributed by atoms with Crippen LogP contribution in [-0.2, 0) is 17.5 Å². The van der Waals surface area contributed by atoms with Crippen molar-refractivity contribution in [3.8, 4) is 0 Å². The quantitative estimate of drug-likeness (QED) is 0.441. The number of aromatic nitrogens is 3. The Hall–Kier alpha value is -3.28. The van der Waals surface area contributed by atoms with Gasteiger partial charge in [0, 0.05) is 48.3 Å². The molecule has 3 aromatic rings. The van der Waals surface area contributed by atoms with Crippen LogP contribution >= 0.6 is 11.3 Å². The molecule has 1 amide bonds. The van der Waals surface area contributed by atoms with E-state index >= 15 is 0 Å². The van der Waals surface area contributed by atoms with Crippen molar-refractivity contribution in [2.75, 3.05) is 13.1 Å². The third-order valence-electron chi connectivity index (χ3n) is 6.84. The fourth-order valence-corrected chi connectivity index (χ4v) is 5.80. The van der Waals surface area contributed by atoms with Gasteiger partial charge in [-0.3, -0.25) is 9.48 Å². The lowest BCUT2D eigenvalue weighted by Crippen LogP contribution is -2.40. The SMILES string of the molecule is Cc1cc(C(F)(F)F)nn1CC(=O)N1CCC(c2nc(C3=CNC(c4c(F)cccc4F)C3)cs2)CC1. The standard InChI is InChI=1S/C25H24F5N5OS/c1-14-9-21(25(28,29)30)33-35(14)12-22(36)34-7-5-15(6-8-34)24-32-20(13-37-24)16-10-19(31-11-16)23-17(26)3-2-4-18(23)27/h2-4,9,11,13,15,19,31H,5-8,10,12H2,1H3. The fourth-order valence-electron chi connectivity index (χ4n) is 4.78. The average Bonchev–Trinajstić information content (AvgIpc) is 3.59. The number of nitrogens with zero attached hydrogens (tertiary/aromatic N) is 4. The maximum absolute atomic E-state index is 14.2. The van der Waals surface area contributed by atoms with E-state index in [4.69, 9.17) is 4.98 Å². The van der Waals surface area contributed by atoms with Gasteiger partial charge in [-0.1, -0.05) is 6.07 Å². The first-order valence-corrected chi connectivity index (χ1v) is 12.7. The zero-order valence-corrected chi connectivity index (χ0v) is 20.7. The Morgan fingerprint density at radius 1 is 1.19 bits per heavy atom.